The molecule has 1 atom stereocenters. The molecule has 0 bridgehead atoms. The molecule has 0 saturated carbocycles. The van der Waals surface area contributed by atoms with E-state index in [1.807, 2.05) is 11.8 Å². The molecule has 2 rings (SSSR count). The maximum atomic E-state index is 12.3. The zero-order valence-electron chi connectivity index (χ0n) is 12.8. The van der Waals surface area contributed by atoms with E-state index in [1.54, 1.807) is 0 Å². The van der Waals surface area contributed by atoms with Crippen LogP contribution in [0.4, 0.5) is 0 Å². The molecule has 5 nitrogen and oxygen atoms in total. The average molecular weight is 319 g/mol. The Labute approximate surface area is 133 Å². The Bertz CT molecular complexity index is 346. The smallest absolute Gasteiger partial charge is 0.310 e. The number of piperidine rings is 2. The number of ether oxygens (including phenoxy) is 1. The number of nitrogens with zero attached hydrogens (tertiary/aromatic N) is 1. The summed E-state index contributed by atoms with van der Waals surface area (Å²) in [6.07, 6.45) is 4.55. The van der Waals surface area contributed by atoms with Crippen molar-refractivity contribution in [3.8, 4) is 0 Å². The first-order chi connectivity index (χ1) is 9.70. The molecule has 21 heavy (non-hydrogen) atoms. The topological polar surface area (TPSA) is 58.6 Å². The summed E-state index contributed by atoms with van der Waals surface area (Å²) in [6.45, 7) is 5.61. The Morgan fingerprint density at radius 2 is 1.95 bits per heavy atom. The summed E-state index contributed by atoms with van der Waals surface area (Å²) in [6, 6.07) is 0. The predicted molar refractivity (Wildman–Crippen MR) is 83.4 cm³/mol. The fraction of sp³-hybridized carbons (Fsp3) is 0.867. The molecular formula is C15H27ClN2O3. The number of halogens is 1. The minimum absolute atomic E-state index is 0. The molecule has 0 aromatic rings. The van der Waals surface area contributed by atoms with Crippen molar-refractivity contribution in [3.63, 3.8) is 0 Å². The molecule has 6 heteroatoms. The van der Waals surface area contributed by atoms with Gasteiger partial charge < -0.3 is 15.0 Å². The van der Waals surface area contributed by atoms with Gasteiger partial charge in [0, 0.05) is 19.5 Å². The van der Waals surface area contributed by atoms with Gasteiger partial charge in [0.2, 0.25) is 5.91 Å². The van der Waals surface area contributed by atoms with Crippen molar-refractivity contribution in [2.24, 2.45) is 11.8 Å². The lowest BCUT2D eigenvalue weighted by Crippen LogP contribution is -2.43. The minimum atomic E-state index is -0.146. The first-order valence-corrected chi connectivity index (χ1v) is 7.85. The van der Waals surface area contributed by atoms with Crippen LogP contribution in [0, 0.1) is 11.8 Å². The van der Waals surface area contributed by atoms with Gasteiger partial charge in [0.05, 0.1) is 12.5 Å². The van der Waals surface area contributed by atoms with Crippen molar-refractivity contribution in [1.82, 2.24) is 10.2 Å². The second-order valence-electron chi connectivity index (χ2n) is 5.83. The lowest BCUT2D eigenvalue weighted by atomic mass is 9.92. The van der Waals surface area contributed by atoms with E-state index in [0.717, 1.165) is 45.3 Å². The van der Waals surface area contributed by atoms with E-state index >= 15 is 0 Å². The summed E-state index contributed by atoms with van der Waals surface area (Å²) in [5.41, 5.74) is 0. The molecule has 0 aromatic carbocycles. The fourth-order valence-corrected chi connectivity index (χ4v) is 3.12. The molecule has 1 unspecified atom stereocenters. The van der Waals surface area contributed by atoms with Gasteiger partial charge in [-0.25, -0.2) is 0 Å². The molecule has 2 fully saturated rings. The van der Waals surface area contributed by atoms with Gasteiger partial charge in [-0.2, -0.15) is 0 Å². The first kappa shape index (κ1) is 18.2. The standard InChI is InChI=1S/C15H26N2O3.ClH/c1-2-20-15(19)13-4-3-9-17(11-13)14(18)10-12-5-7-16-8-6-12;/h12-13,16H,2-11H2,1H3;1H. The summed E-state index contributed by atoms with van der Waals surface area (Å²) in [4.78, 5) is 26.0. The van der Waals surface area contributed by atoms with Crippen LogP contribution in [0.15, 0.2) is 0 Å². The fourth-order valence-electron chi connectivity index (χ4n) is 3.12. The summed E-state index contributed by atoms with van der Waals surface area (Å²) in [5.74, 6) is 0.449. The highest BCUT2D eigenvalue weighted by atomic mass is 35.5. The Kier molecular flexibility index (Phi) is 8.04. The largest absolute Gasteiger partial charge is 0.466 e. The molecule has 0 radical (unpaired) electrons. The lowest BCUT2D eigenvalue weighted by Gasteiger charge is -2.33. The maximum Gasteiger partial charge on any atom is 0.310 e. The zero-order valence-corrected chi connectivity index (χ0v) is 13.6. The van der Waals surface area contributed by atoms with Crippen molar-refractivity contribution in [1.29, 1.82) is 0 Å². The molecule has 0 aliphatic carbocycles. The number of hydrogen-bond donors (Lipinski definition) is 1. The van der Waals surface area contributed by atoms with E-state index in [9.17, 15) is 9.59 Å². The highest BCUT2D eigenvalue weighted by Gasteiger charge is 2.30. The van der Waals surface area contributed by atoms with Crippen molar-refractivity contribution in [3.05, 3.63) is 0 Å². The van der Waals surface area contributed by atoms with Gasteiger partial charge in [0.15, 0.2) is 0 Å². The second-order valence-corrected chi connectivity index (χ2v) is 5.83. The summed E-state index contributed by atoms with van der Waals surface area (Å²) in [7, 11) is 0. The quantitative estimate of drug-likeness (QED) is 0.800. The number of rotatable bonds is 4. The zero-order chi connectivity index (χ0) is 14.4. The molecule has 0 spiro atoms. The van der Waals surface area contributed by atoms with Gasteiger partial charge in [-0.15, -0.1) is 12.4 Å². The van der Waals surface area contributed by atoms with Gasteiger partial charge in [-0.3, -0.25) is 9.59 Å². The monoisotopic (exact) mass is 318 g/mol. The summed E-state index contributed by atoms with van der Waals surface area (Å²) < 4.78 is 5.07. The van der Waals surface area contributed by atoms with E-state index in [1.165, 1.54) is 0 Å². The number of amides is 1. The molecule has 2 aliphatic rings. The lowest BCUT2D eigenvalue weighted by molar-refractivity contribution is -0.151. The third-order valence-corrected chi connectivity index (χ3v) is 4.32. The molecule has 2 aliphatic heterocycles. The molecule has 1 amide bonds. The number of carbonyl (C=O) groups is 2. The molecule has 2 saturated heterocycles. The molecule has 2 heterocycles. The van der Waals surface area contributed by atoms with Crippen LogP contribution >= 0.6 is 12.4 Å². The van der Waals surface area contributed by atoms with Crippen LogP contribution in [-0.4, -0.2) is 49.6 Å². The van der Waals surface area contributed by atoms with E-state index in [-0.39, 0.29) is 30.2 Å². The van der Waals surface area contributed by atoms with Crippen LogP contribution in [0.5, 0.6) is 0 Å². The maximum absolute atomic E-state index is 12.3. The molecule has 1 N–H and O–H groups in total. The number of nitrogens with one attached hydrogen (secondary N) is 1. The van der Waals surface area contributed by atoms with Crippen LogP contribution in [0.3, 0.4) is 0 Å². The van der Waals surface area contributed by atoms with Crippen LogP contribution in [0.1, 0.15) is 39.0 Å². The average Bonchev–Trinajstić information content (AvgIpc) is 2.48. The van der Waals surface area contributed by atoms with Gasteiger partial charge >= 0.3 is 5.97 Å². The molecule has 122 valence electrons. The van der Waals surface area contributed by atoms with E-state index in [4.69, 9.17) is 4.74 Å². The highest BCUT2D eigenvalue weighted by molar-refractivity contribution is 5.85. The van der Waals surface area contributed by atoms with E-state index in [0.29, 0.717) is 25.5 Å². The summed E-state index contributed by atoms with van der Waals surface area (Å²) >= 11 is 0. The van der Waals surface area contributed by atoms with Crippen LogP contribution in [0.2, 0.25) is 0 Å². The number of likely N-dealkylation sites (tertiary alicyclic amines) is 1. The Hall–Kier alpha value is -0.810. The van der Waals surface area contributed by atoms with Gasteiger partial charge in [-0.05, 0) is 51.6 Å². The van der Waals surface area contributed by atoms with E-state index in [2.05, 4.69) is 5.32 Å². The first-order valence-electron chi connectivity index (χ1n) is 7.85. The Balaban J connectivity index is 0.00000220. The minimum Gasteiger partial charge on any atom is -0.466 e. The van der Waals surface area contributed by atoms with Gasteiger partial charge in [0.25, 0.3) is 0 Å². The van der Waals surface area contributed by atoms with Crippen LogP contribution in [-0.2, 0) is 14.3 Å². The predicted octanol–water partition coefficient (Wildman–Crippen LogP) is 1.60. The van der Waals surface area contributed by atoms with E-state index < -0.39 is 0 Å². The van der Waals surface area contributed by atoms with Crippen molar-refractivity contribution < 1.29 is 14.3 Å². The number of esters is 1. The molecule has 0 aromatic heterocycles. The second kappa shape index (κ2) is 9.26. The summed E-state index contributed by atoms with van der Waals surface area (Å²) in [5, 5.41) is 3.32. The van der Waals surface area contributed by atoms with Crippen molar-refractivity contribution >= 4 is 24.3 Å². The van der Waals surface area contributed by atoms with Crippen molar-refractivity contribution in [2.75, 3.05) is 32.8 Å². The van der Waals surface area contributed by atoms with Crippen LogP contribution < -0.4 is 5.32 Å². The van der Waals surface area contributed by atoms with Gasteiger partial charge in [-0.1, -0.05) is 0 Å². The third kappa shape index (κ3) is 5.47. The Morgan fingerprint density at radius 1 is 1.24 bits per heavy atom. The number of carbonyl (C=O) groups excluding carboxylic acids is 2. The highest BCUT2D eigenvalue weighted by Crippen LogP contribution is 2.22. The number of hydrogen-bond acceptors (Lipinski definition) is 4. The van der Waals surface area contributed by atoms with Crippen LogP contribution in [0.25, 0.3) is 0 Å². The Morgan fingerprint density at radius 3 is 2.62 bits per heavy atom. The van der Waals surface area contributed by atoms with Crippen molar-refractivity contribution in [2.45, 2.75) is 39.0 Å². The SMILES string of the molecule is CCOC(=O)C1CCCN(C(=O)CC2CCNCC2)C1.Cl. The molecular weight excluding hydrogens is 292 g/mol. The van der Waals surface area contributed by atoms with Gasteiger partial charge in [0.1, 0.15) is 0 Å². The normalized spacial score (nSPS) is 23.3. The third-order valence-electron chi connectivity index (χ3n) is 4.32.